The van der Waals surface area contributed by atoms with Gasteiger partial charge in [0.2, 0.25) is 0 Å². The maximum Gasteiger partial charge on any atom is 0.145 e. The van der Waals surface area contributed by atoms with Crippen molar-refractivity contribution in [1.82, 2.24) is 19.1 Å². The highest BCUT2D eigenvalue weighted by molar-refractivity contribution is 6.24. The summed E-state index contributed by atoms with van der Waals surface area (Å²) in [5.74, 6) is 0.929. The number of hydrogen-bond donors (Lipinski definition) is 0. The van der Waals surface area contributed by atoms with Gasteiger partial charge in [0.1, 0.15) is 5.82 Å². The molecule has 0 fully saturated rings. The fraction of sp³-hybridized carbons (Fsp3) is 0. The molecule has 7 aromatic carbocycles. The predicted molar refractivity (Wildman–Crippen MR) is 199 cm³/mol. The number of hydrogen-bond acceptors (Lipinski definition) is 2. The predicted octanol–water partition coefficient (Wildman–Crippen LogP) is 11.2. The monoisotopic (exact) mass is 612 g/mol. The molecule has 0 unspecified atom stereocenters. The van der Waals surface area contributed by atoms with Crippen LogP contribution >= 0.6 is 0 Å². The quantitative estimate of drug-likeness (QED) is 0.185. The normalized spacial score (nSPS) is 11.8. The van der Waals surface area contributed by atoms with Crippen molar-refractivity contribution in [2.45, 2.75) is 0 Å². The van der Waals surface area contributed by atoms with Crippen LogP contribution < -0.4 is 0 Å². The average molecular weight is 613 g/mol. The highest BCUT2D eigenvalue weighted by Gasteiger charge is 2.20. The van der Waals surface area contributed by atoms with Crippen LogP contribution in [0.3, 0.4) is 0 Å². The van der Waals surface area contributed by atoms with Crippen LogP contribution in [0.15, 0.2) is 170 Å². The molecule has 0 radical (unpaired) electrons. The molecule has 0 amide bonds. The second-order valence-electron chi connectivity index (χ2n) is 12.3. The summed E-state index contributed by atoms with van der Waals surface area (Å²) in [5.41, 5.74) is 9.98. The summed E-state index contributed by atoms with van der Waals surface area (Å²) in [6, 6.07) is 56.2. The molecule has 4 heteroatoms. The molecule has 0 aliphatic heterocycles. The van der Waals surface area contributed by atoms with E-state index in [4.69, 9.17) is 4.98 Å². The number of rotatable bonds is 4. The van der Waals surface area contributed by atoms with E-state index in [1.54, 1.807) is 0 Å². The molecule has 0 N–H and O–H groups in total. The third-order valence-electron chi connectivity index (χ3n) is 9.58. The van der Waals surface area contributed by atoms with Crippen molar-refractivity contribution in [2.24, 2.45) is 0 Å². The van der Waals surface area contributed by atoms with E-state index in [9.17, 15) is 0 Å². The van der Waals surface area contributed by atoms with E-state index >= 15 is 0 Å². The summed E-state index contributed by atoms with van der Waals surface area (Å²) in [4.78, 5) is 9.88. The molecule has 0 saturated heterocycles. The first-order chi connectivity index (χ1) is 23.8. The summed E-state index contributed by atoms with van der Waals surface area (Å²) in [7, 11) is 0. The highest BCUT2D eigenvalue weighted by Crippen LogP contribution is 2.40. The summed E-state index contributed by atoms with van der Waals surface area (Å²) in [6.45, 7) is 0. The fourth-order valence-corrected chi connectivity index (χ4v) is 7.47. The van der Waals surface area contributed by atoms with E-state index in [1.807, 2.05) is 12.4 Å². The zero-order chi connectivity index (χ0) is 31.6. The number of benzene rings is 7. The minimum Gasteiger partial charge on any atom is -0.308 e. The number of aromatic nitrogens is 4. The van der Waals surface area contributed by atoms with Crippen LogP contribution in [0.4, 0.5) is 0 Å². The lowest BCUT2D eigenvalue weighted by Gasteiger charge is -2.14. The van der Waals surface area contributed by atoms with Gasteiger partial charge in [-0.3, -0.25) is 9.55 Å². The number of pyridine rings is 1. The Bertz CT molecular complexity index is 2830. The van der Waals surface area contributed by atoms with Gasteiger partial charge in [-0.15, -0.1) is 0 Å². The van der Waals surface area contributed by atoms with Crippen molar-refractivity contribution in [3.05, 3.63) is 170 Å². The van der Waals surface area contributed by atoms with E-state index in [0.29, 0.717) is 0 Å². The highest BCUT2D eigenvalue weighted by atomic mass is 15.1. The Hall–Kier alpha value is -6.52. The Morgan fingerprint density at radius 1 is 0.396 bits per heavy atom. The minimum atomic E-state index is 0.929. The van der Waals surface area contributed by atoms with Gasteiger partial charge in [-0.05, 0) is 64.4 Å². The summed E-state index contributed by atoms with van der Waals surface area (Å²) >= 11 is 0. The van der Waals surface area contributed by atoms with Crippen LogP contribution in [0, 0.1) is 0 Å². The first-order valence-corrected chi connectivity index (χ1v) is 16.3. The van der Waals surface area contributed by atoms with Gasteiger partial charge >= 0.3 is 0 Å². The van der Waals surface area contributed by atoms with Crippen LogP contribution in [-0.2, 0) is 0 Å². The molecule has 4 nitrogen and oxygen atoms in total. The fourth-order valence-electron chi connectivity index (χ4n) is 7.47. The van der Waals surface area contributed by atoms with Gasteiger partial charge in [-0.25, -0.2) is 4.98 Å². The smallest absolute Gasteiger partial charge is 0.145 e. The van der Waals surface area contributed by atoms with E-state index in [0.717, 1.165) is 61.3 Å². The largest absolute Gasteiger partial charge is 0.308 e. The van der Waals surface area contributed by atoms with Crippen molar-refractivity contribution in [2.75, 3.05) is 0 Å². The topological polar surface area (TPSA) is 35.6 Å². The number of nitrogens with zero attached hydrogens (tertiary/aromatic N) is 4. The number of para-hydroxylation sites is 1. The molecular weight excluding hydrogens is 585 g/mol. The van der Waals surface area contributed by atoms with E-state index in [1.165, 1.54) is 26.9 Å². The Kier molecular flexibility index (Phi) is 5.84. The molecule has 10 rings (SSSR count). The molecule has 224 valence electrons. The zero-order valence-corrected chi connectivity index (χ0v) is 26.0. The van der Waals surface area contributed by atoms with Crippen LogP contribution in [0.5, 0.6) is 0 Å². The number of imidazole rings is 1. The third-order valence-corrected chi connectivity index (χ3v) is 9.58. The Balaban J connectivity index is 1.23. The second kappa shape index (κ2) is 10.5. The van der Waals surface area contributed by atoms with Gasteiger partial charge in [0.15, 0.2) is 0 Å². The van der Waals surface area contributed by atoms with Crippen LogP contribution in [-0.4, -0.2) is 19.1 Å². The molecule has 3 aromatic heterocycles. The zero-order valence-electron chi connectivity index (χ0n) is 26.0. The lowest BCUT2D eigenvalue weighted by atomic mass is 9.99. The van der Waals surface area contributed by atoms with Gasteiger partial charge in [0.05, 0.1) is 28.3 Å². The molecule has 0 spiro atoms. The summed E-state index contributed by atoms with van der Waals surface area (Å²) < 4.78 is 4.66. The maximum absolute atomic E-state index is 5.40. The lowest BCUT2D eigenvalue weighted by molar-refractivity contribution is 1.11. The van der Waals surface area contributed by atoms with Crippen LogP contribution in [0.1, 0.15) is 0 Å². The van der Waals surface area contributed by atoms with Crippen molar-refractivity contribution in [1.29, 1.82) is 0 Å². The van der Waals surface area contributed by atoms with Crippen molar-refractivity contribution >= 4 is 54.4 Å². The van der Waals surface area contributed by atoms with E-state index < -0.39 is 0 Å². The lowest BCUT2D eigenvalue weighted by Crippen LogP contribution is -1.98. The summed E-state index contributed by atoms with van der Waals surface area (Å²) in [6.07, 6.45) is 3.85. The second-order valence-corrected chi connectivity index (χ2v) is 12.3. The summed E-state index contributed by atoms with van der Waals surface area (Å²) in [5, 5.41) is 7.19. The Labute approximate surface area is 276 Å². The van der Waals surface area contributed by atoms with E-state index in [-0.39, 0.29) is 0 Å². The maximum atomic E-state index is 5.40. The first kappa shape index (κ1) is 26.7. The molecule has 0 aliphatic carbocycles. The van der Waals surface area contributed by atoms with Crippen LogP contribution in [0.25, 0.3) is 88.3 Å². The Morgan fingerprint density at radius 3 is 1.85 bits per heavy atom. The van der Waals surface area contributed by atoms with Crippen molar-refractivity contribution in [3.8, 4) is 33.9 Å². The number of fused-ring (bicyclic) bond motifs is 9. The molecular formula is C44H28N4. The van der Waals surface area contributed by atoms with Crippen LogP contribution in [0.2, 0.25) is 0 Å². The van der Waals surface area contributed by atoms with Crippen molar-refractivity contribution in [3.63, 3.8) is 0 Å². The molecule has 0 aliphatic rings. The Morgan fingerprint density at radius 2 is 1.04 bits per heavy atom. The molecule has 0 atom stereocenters. The third kappa shape index (κ3) is 3.96. The molecule has 0 saturated carbocycles. The SMILES string of the molecule is c1ccc(-c2nc3c4ccccc4c4ccccc4c3n2-c2cccc(-c3ccc4c(c3)c3ccncc3n4-c3ccccc3)c2)cc1. The van der Waals surface area contributed by atoms with Gasteiger partial charge < -0.3 is 4.57 Å². The molecule has 10 aromatic rings. The van der Waals surface area contributed by atoms with E-state index in [2.05, 4.69) is 172 Å². The van der Waals surface area contributed by atoms with Gasteiger partial charge in [-0.1, -0.05) is 115 Å². The molecule has 0 bridgehead atoms. The van der Waals surface area contributed by atoms with Gasteiger partial charge in [0.25, 0.3) is 0 Å². The molecule has 48 heavy (non-hydrogen) atoms. The molecule has 3 heterocycles. The average Bonchev–Trinajstić information content (AvgIpc) is 3.73. The van der Waals surface area contributed by atoms with Crippen molar-refractivity contribution < 1.29 is 0 Å². The minimum absolute atomic E-state index is 0.929. The van der Waals surface area contributed by atoms with Gasteiger partial charge in [0, 0.05) is 44.7 Å². The first-order valence-electron chi connectivity index (χ1n) is 16.3. The van der Waals surface area contributed by atoms with Gasteiger partial charge in [-0.2, -0.15) is 0 Å². The standard InChI is InChI=1S/C44H28N4/c1-3-12-29(13-4-1)44-46-42-37-20-9-7-18-34(37)35-19-8-10-21-38(35)43(42)48(44)33-17-11-14-30(26-33)31-22-23-40-39(27-31)36-24-25-45-28-41(36)47(40)32-15-5-2-6-16-32/h1-28H.